The van der Waals surface area contributed by atoms with Gasteiger partial charge in [0.25, 0.3) is 0 Å². The first-order chi connectivity index (χ1) is 14.4. The number of aryl methyl sites for hydroxylation is 1. The van der Waals surface area contributed by atoms with Gasteiger partial charge in [0.2, 0.25) is 10.0 Å². The molecular formula is C21H25ClN4O3S. The maximum Gasteiger partial charge on any atom is 0.243 e. The monoisotopic (exact) mass is 448 g/mol. The van der Waals surface area contributed by atoms with E-state index in [1.54, 1.807) is 12.1 Å². The minimum atomic E-state index is -3.57. The predicted octanol–water partition coefficient (Wildman–Crippen LogP) is 2.78. The van der Waals surface area contributed by atoms with E-state index in [-0.39, 0.29) is 4.90 Å². The fraction of sp³-hybridized carbons (Fsp3) is 0.381. The Balaban J connectivity index is 1.38. The molecule has 0 bridgehead atoms. The standard InChI is InChI=1S/C21H25ClN4O3S/c1-24-15-16(18-4-3-8-23-21(18)24)7-9-25-10-12-26(13-11-25)30(27,28)17-5-6-20(29-2)19(22)14-17/h3-6,8,14-15H,7,9-13H2,1-2H3. The highest BCUT2D eigenvalue weighted by molar-refractivity contribution is 7.89. The van der Waals surface area contributed by atoms with Crippen molar-refractivity contribution in [2.24, 2.45) is 7.05 Å². The van der Waals surface area contributed by atoms with Crippen molar-refractivity contribution in [2.75, 3.05) is 39.8 Å². The second-order valence-electron chi connectivity index (χ2n) is 7.43. The summed E-state index contributed by atoms with van der Waals surface area (Å²) in [5.74, 6) is 0.462. The van der Waals surface area contributed by atoms with E-state index in [0.29, 0.717) is 37.0 Å². The molecule has 9 heteroatoms. The van der Waals surface area contributed by atoms with Crippen LogP contribution >= 0.6 is 11.6 Å². The molecule has 0 amide bonds. The Labute approximate surface area is 181 Å². The molecule has 0 radical (unpaired) electrons. The summed E-state index contributed by atoms with van der Waals surface area (Å²) in [6, 6.07) is 8.64. The fourth-order valence-electron chi connectivity index (χ4n) is 3.92. The minimum Gasteiger partial charge on any atom is -0.495 e. The summed E-state index contributed by atoms with van der Waals surface area (Å²) in [5.41, 5.74) is 2.25. The lowest BCUT2D eigenvalue weighted by Crippen LogP contribution is -2.48. The van der Waals surface area contributed by atoms with Crippen LogP contribution < -0.4 is 4.74 Å². The normalized spacial score (nSPS) is 16.2. The van der Waals surface area contributed by atoms with E-state index >= 15 is 0 Å². The molecular weight excluding hydrogens is 424 g/mol. The molecule has 2 aromatic heterocycles. The molecule has 0 atom stereocenters. The minimum absolute atomic E-state index is 0.199. The van der Waals surface area contributed by atoms with E-state index in [2.05, 4.69) is 26.7 Å². The Morgan fingerprint density at radius 2 is 1.93 bits per heavy atom. The number of hydrogen-bond acceptors (Lipinski definition) is 5. The molecule has 160 valence electrons. The highest BCUT2D eigenvalue weighted by Gasteiger charge is 2.29. The summed E-state index contributed by atoms with van der Waals surface area (Å²) in [4.78, 5) is 6.94. The van der Waals surface area contributed by atoms with Gasteiger partial charge in [0, 0.05) is 57.6 Å². The number of piperazine rings is 1. The molecule has 0 unspecified atom stereocenters. The Hall–Kier alpha value is -2.13. The van der Waals surface area contributed by atoms with Crippen LogP contribution in [0.1, 0.15) is 5.56 Å². The molecule has 0 spiro atoms. The smallest absolute Gasteiger partial charge is 0.243 e. The van der Waals surface area contributed by atoms with Crippen LogP contribution in [0.4, 0.5) is 0 Å². The van der Waals surface area contributed by atoms with Crippen LogP contribution in [-0.4, -0.2) is 67.0 Å². The van der Waals surface area contributed by atoms with Crippen molar-refractivity contribution < 1.29 is 13.2 Å². The molecule has 0 aliphatic carbocycles. The molecule has 0 saturated carbocycles. The van der Waals surface area contributed by atoms with E-state index in [0.717, 1.165) is 18.6 Å². The van der Waals surface area contributed by atoms with E-state index < -0.39 is 10.0 Å². The highest BCUT2D eigenvalue weighted by atomic mass is 35.5. The number of sulfonamides is 1. The predicted molar refractivity (Wildman–Crippen MR) is 118 cm³/mol. The summed E-state index contributed by atoms with van der Waals surface area (Å²) in [6.45, 7) is 3.21. The zero-order valence-corrected chi connectivity index (χ0v) is 18.7. The van der Waals surface area contributed by atoms with Gasteiger partial charge in [0.1, 0.15) is 11.4 Å². The van der Waals surface area contributed by atoms with E-state index in [4.69, 9.17) is 16.3 Å². The number of pyridine rings is 1. The lowest BCUT2D eigenvalue weighted by molar-refractivity contribution is 0.190. The molecule has 4 rings (SSSR count). The number of aromatic nitrogens is 2. The van der Waals surface area contributed by atoms with Crippen molar-refractivity contribution in [2.45, 2.75) is 11.3 Å². The van der Waals surface area contributed by atoms with Gasteiger partial charge in [0.15, 0.2) is 0 Å². The molecule has 30 heavy (non-hydrogen) atoms. The van der Waals surface area contributed by atoms with Gasteiger partial charge < -0.3 is 14.2 Å². The first kappa shape index (κ1) is 21.1. The Morgan fingerprint density at radius 3 is 2.63 bits per heavy atom. The number of rotatable bonds is 6. The number of ether oxygens (including phenoxy) is 1. The van der Waals surface area contributed by atoms with Crippen LogP contribution in [0.15, 0.2) is 47.6 Å². The number of fused-ring (bicyclic) bond motifs is 1. The van der Waals surface area contributed by atoms with Crippen molar-refractivity contribution in [3.8, 4) is 5.75 Å². The second kappa shape index (κ2) is 8.55. The average molecular weight is 449 g/mol. The second-order valence-corrected chi connectivity index (χ2v) is 9.78. The summed E-state index contributed by atoms with van der Waals surface area (Å²) >= 11 is 6.12. The van der Waals surface area contributed by atoms with Crippen molar-refractivity contribution in [1.82, 2.24) is 18.8 Å². The third-order valence-electron chi connectivity index (χ3n) is 5.61. The average Bonchev–Trinajstić information content (AvgIpc) is 3.08. The first-order valence-corrected chi connectivity index (χ1v) is 11.7. The zero-order chi connectivity index (χ0) is 21.3. The Bertz CT molecular complexity index is 1150. The topological polar surface area (TPSA) is 67.7 Å². The van der Waals surface area contributed by atoms with Gasteiger partial charge in [-0.25, -0.2) is 13.4 Å². The first-order valence-electron chi connectivity index (χ1n) is 9.85. The largest absolute Gasteiger partial charge is 0.495 e. The van der Waals surface area contributed by atoms with Crippen LogP contribution in [-0.2, 0) is 23.5 Å². The van der Waals surface area contributed by atoms with Gasteiger partial charge in [-0.05, 0) is 42.3 Å². The van der Waals surface area contributed by atoms with Crippen LogP contribution in [0.3, 0.4) is 0 Å². The van der Waals surface area contributed by atoms with Gasteiger partial charge >= 0.3 is 0 Å². The van der Waals surface area contributed by atoms with E-state index in [9.17, 15) is 8.42 Å². The zero-order valence-electron chi connectivity index (χ0n) is 17.1. The maximum atomic E-state index is 13.0. The highest BCUT2D eigenvalue weighted by Crippen LogP contribution is 2.28. The molecule has 1 aromatic carbocycles. The Kier molecular flexibility index (Phi) is 6.02. The molecule has 1 aliphatic heterocycles. The molecule has 3 aromatic rings. The summed E-state index contributed by atoms with van der Waals surface area (Å²) in [5, 5.41) is 1.47. The third kappa shape index (κ3) is 4.05. The van der Waals surface area contributed by atoms with Crippen molar-refractivity contribution >= 4 is 32.7 Å². The molecule has 1 aliphatic rings. The van der Waals surface area contributed by atoms with E-state index in [1.165, 1.54) is 28.4 Å². The Morgan fingerprint density at radius 1 is 1.17 bits per heavy atom. The van der Waals surface area contributed by atoms with Crippen LogP contribution in [0.25, 0.3) is 11.0 Å². The van der Waals surface area contributed by atoms with Gasteiger partial charge in [-0.15, -0.1) is 0 Å². The van der Waals surface area contributed by atoms with Gasteiger partial charge in [0.05, 0.1) is 17.0 Å². The fourth-order valence-corrected chi connectivity index (χ4v) is 5.69. The number of benzene rings is 1. The number of methoxy groups -OCH3 is 1. The van der Waals surface area contributed by atoms with Crippen molar-refractivity contribution in [3.05, 3.63) is 53.3 Å². The van der Waals surface area contributed by atoms with Gasteiger partial charge in [-0.1, -0.05) is 11.6 Å². The van der Waals surface area contributed by atoms with Crippen LogP contribution in [0, 0.1) is 0 Å². The molecule has 1 saturated heterocycles. The van der Waals surface area contributed by atoms with Crippen LogP contribution in [0.5, 0.6) is 5.75 Å². The van der Waals surface area contributed by atoms with Crippen molar-refractivity contribution in [3.63, 3.8) is 0 Å². The summed E-state index contributed by atoms with van der Waals surface area (Å²) in [6.07, 6.45) is 4.84. The lowest BCUT2D eigenvalue weighted by atomic mass is 10.1. The van der Waals surface area contributed by atoms with Gasteiger partial charge in [-0.2, -0.15) is 4.31 Å². The summed E-state index contributed by atoms with van der Waals surface area (Å²) in [7, 11) is -0.0593. The molecule has 1 fully saturated rings. The quantitative estimate of drug-likeness (QED) is 0.580. The third-order valence-corrected chi connectivity index (χ3v) is 7.80. The van der Waals surface area contributed by atoms with E-state index in [1.807, 2.05) is 19.3 Å². The molecule has 0 N–H and O–H groups in total. The summed E-state index contributed by atoms with van der Waals surface area (Å²) < 4.78 is 34.6. The number of hydrogen-bond donors (Lipinski definition) is 0. The number of nitrogens with zero attached hydrogens (tertiary/aromatic N) is 4. The van der Waals surface area contributed by atoms with Gasteiger partial charge in [-0.3, -0.25) is 0 Å². The van der Waals surface area contributed by atoms with Crippen molar-refractivity contribution in [1.29, 1.82) is 0 Å². The lowest BCUT2D eigenvalue weighted by Gasteiger charge is -2.34. The van der Waals surface area contributed by atoms with Crippen LogP contribution in [0.2, 0.25) is 5.02 Å². The molecule has 7 nitrogen and oxygen atoms in total. The maximum absolute atomic E-state index is 13.0. The molecule has 3 heterocycles. The SMILES string of the molecule is COc1ccc(S(=O)(=O)N2CCN(CCc3cn(C)c4ncccc34)CC2)cc1Cl. The number of halogens is 1.